The minimum absolute atomic E-state index is 0.531. The van der Waals surface area contributed by atoms with E-state index in [9.17, 15) is 0 Å². The van der Waals surface area contributed by atoms with Gasteiger partial charge in [0.15, 0.2) is 5.58 Å². The zero-order valence-corrected chi connectivity index (χ0v) is 10.6. The van der Waals surface area contributed by atoms with E-state index in [4.69, 9.17) is 9.15 Å². The molecule has 0 fully saturated rings. The normalized spacial score (nSPS) is 10.6. The number of oxazole rings is 1. The Labute approximate surface area is 111 Å². The molecular weight excluding hydrogens is 240 g/mol. The average Bonchev–Trinajstić information content (AvgIpc) is 2.88. The van der Waals surface area contributed by atoms with Crippen LogP contribution >= 0.6 is 0 Å². The van der Waals surface area contributed by atoms with Gasteiger partial charge in [0.1, 0.15) is 11.3 Å². The first kappa shape index (κ1) is 11.6. The van der Waals surface area contributed by atoms with Crippen LogP contribution in [0.2, 0.25) is 0 Å². The van der Waals surface area contributed by atoms with E-state index in [0.717, 1.165) is 22.4 Å². The molecule has 4 nitrogen and oxygen atoms in total. The van der Waals surface area contributed by atoms with Gasteiger partial charge in [0.25, 0.3) is 6.01 Å². The molecule has 0 spiro atoms. The minimum atomic E-state index is 0.531. The number of hydrogen-bond donors (Lipinski definition) is 1. The van der Waals surface area contributed by atoms with Crippen LogP contribution in [0.4, 0.5) is 6.01 Å². The molecule has 1 aromatic heterocycles. The fourth-order valence-electron chi connectivity index (χ4n) is 1.91. The van der Waals surface area contributed by atoms with Crippen molar-refractivity contribution in [3.8, 4) is 5.75 Å². The molecule has 0 aliphatic carbocycles. The van der Waals surface area contributed by atoms with Gasteiger partial charge in [0, 0.05) is 6.54 Å². The Bertz CT molecular complexity index is 658. The third-order valence-electron chi connectivity index (χ3n) is 2.87. The molecule has 0 atom stereocenters. The van der Waals surface area contributed by atoms with Crippen molar-refractivity contribution in [3.63, 3.8) is 0 Å². The first-order valence-corrected chi connectivity index (χ1v) is 6.07. The molecule has 3 aromatic rings. The van der Waals surface area contributed by atoms with E-state index in [2.05, 4.69) is 10.3 Å². The molecule has 96 valence electrons. The predicted molar refractivity (Wildman–Crippen MR) is 74.3 cm³/mol. The van der Waals surface area contributed by atoms with Crippen molar-refractivity contribution in [2.45, 2.75) is 6.54 Å². The maximum absolute atomic E-state index is 5.59. The summed E-state index contributed by atoms with van der Waals surface area (Å²) in [5.41, 5.74) is 2.76. The van der Waals surface area contributed by atoms with E-state index in [-0.39, 0.29) is 0 Å². The summed E-state index contributed by atoms with van der Waals surface area (Å²) in [5.74, 6) is 0.844. The second-order valence-corrected chi connectivity index (χ2v) is 4.19. The largest absolute Gasteiger partial charge is 0.497 e. The van der Waals surface area contributed by atoms with Gasteiger partial charge in [-0.1, -0.05) is 24.3 Å². The third-order valence-corrected chi connectivity index (χ3v) is 2.87. The number of hydrogen-bond acceptors (Lipinski definition) is 4. The van der Waals surface area contributed by atoms with Gasteiger partial charge in [0.2, 0.25) is 0 Å². The summed E-state index contributed by atoms with van der Waals surface area (Å²) in [7, 11) is 1.66. The topological polar surface area (TPSA) is 47.3 Å². The number of nitrogens with zero attached hydrogens (tertiary/aromatic N) is 1. The SMILES string of the molecule is COc1cccc(CNc2nc3ccccc3o2)c1. The van der Waals surface area contributed by atoms with E-state index >= 15 is 0 Å². The van der Waals surface area contributed by atoms with E-state index < -0.39 is 0 Å². The lowest BCUT2D eigenvalue weighted by Gasteiger charge is -2.04. The average molecular weight is 254 g/mol. The van der Waals surface area contributed by atoms with Crippen LogP contribution < -0.4 is 10.1 Å². The van der Waals surface area contributed by atoms with Crippen molar-refractivity contribution >= 4 is 17.1 Å². The van der Waals surface area contributed by atoms with Gasteiger partial charge in [-0.2, -0.15) is 4.98 Å². The Morgan fingerprint density at radius 1 is 1.16 bits per heavy atom. The highest BCUT2D eigenvalue weighted by atomic mass is 16.5. The highest BCUT2D eigenvalue weighted by Crippen LogP contribution is 2.19. The lowest BCUT2D eigenvalue weighted by atomic mass is 10.2. The van der Waals surface area contributed by atoms with Crippen molar-refractivity contribution in [2.75, 3.05) is 12.4 Å². The fraction of sp³-hybridized carbons (Fsp3) is 0.133. The molecule has 0 saturated carbocycles. The van der Waals surface area contributed by atoms with E-state index in [1.807, 2.05) is 48.5 Å². The quantitative estimate of drug-likeness (QED) is 0.774. The number of fused-ring (bicyclic) bond motifs is 1. The molecule has 0 aliphatic heterocycles. The minimum Gasteiger partial charge on any atom is -0.497 e. The predicted octanol–water partition coefficient (Wildman–Crippen LogP) is 3.45. The zero-order valence-electron chi connectivity index (χ0n) is 10.6. The Hall–Kier alpha value is -2.49. The van der Waals surface area contributed by atoms with Gasteiger partial charge in [-0.3, -0.25) is 0 Å². The Morgan fingerprint density at radius 2 is 2.05 bits per heavy atom. The molecule has 0 aliphatic rings. The molecule has 1 N–H and O–H groups in total. The lowest BCUT2D eigenvalue weighted by molar-refractivity contribution is 0.414. The van der Waals surface area contributed by atoms with Crippen molar-refractivity contribution in [2.24, 2.45) is 0 Å². The van der Waals surface area contributed by atoms with Crippen molar-refractivity contribution in [1.82, 2.24) is 4.98 Å². The van der Waals surface area contributed by atoms with Crippen LogP contribution in [-0.2, 0) is 6.54 Å². The molecule has 0 bridgehead atoms. The molecule has 4 heteroatoms. The maximum atomic E-state index is 5.59. The van der Waals surface area contributed by atoms with Crippen molar-refractivity contribution in [1.29, 1.82) is 0 Å². The first-order chi connectivity index (χ1) is 9.35. The molecule has 0 saturated heterocycles. The number of ether oxygens (including phenoxy) is 1. The van der Waals surface area contributed by atoms with Crippen LogP contribution in [0.15, 0.2) is 52.9 Å². The van der Waals surface area contributed by atoms with Crippen molar-refractivity contribution in [3.05, 3.63) is 54.1 Å². The smallest absolute Gasteiger partial charge is 0.295 e. The van der Waals surface area contributed by atoms with E-state index in [1.165, 1.54) is 0 Å². The summed E-state index contributed by atoms with van der Waals surface area (Å²) in [6.07, 6.45) is 0. The van der Waals surface area contributed by atoms with Gasteiger partial charge in [0.05, 0.1) is 7.11 Å². The fourth-order valence-corrected chi connectivity index (χ4v) is 1.91. The first-order valence-electron chi connectivity index (χ1n) is 6.07. The summed E-state index contributed by atoms with van der Waals surface area (Å²) in [6.45, 7) is 0.643. The van der Waals surface area contributed by atoms with Crippen LogP contribution in [0, 0.1) is 0 Å². The molecule has 2 aromatic carbocycles. The highest BCUT2D eigenvalue weighted by Gasteiger charge is 2.04. The van der Waals surface area contributed by atoms with Crippen LogP contribution in [-0.4, -0.2) is 12.1 Å². The zero-order chi connectivity index (χ0) is 13.1. The number of nitrogens with one attached hydrogen (secondary N) is 1. The van der Waals surface area contributed by atoms with Gasteiger partial charge < -0.3 is 14.5 Å². The Balaban J connectivity index is 1.74. The summed E-state index contributed by atoms with van der Waals surface area (Å²) >= 11 is 0. The Morgan fingerprint density at radius 3 is 2.89 bits per heavy atom. The van der Waals surface area contributed by atoms with Crippen LogP contribution in [0.5, 0.6) is 5.75 Å². The van der Waals surface area contributed by atoms with Gasteiger partial charge >= 0.3 is 0 Å². The van der Waals surface area contributed by atoms with E-state index in [1.54, 1.807) is 7.11 Å². The van der Waals surface area contributed by atoms with Crippen molar-refractivity contribution < 1.29 is 9.15 Å². The number of anilines is 1. The van der Waals surface area contributed by atoms with Crippen LogP contribution in [0.25, 0.3) is 11.1 Å². The molecule has 3 rings (SSSR count). The number of aromatic nitrogens is 1. The van der Waals surface area contributed by atoms with Gasteiger partial charge in [-0.05, 0) is 29.8 Å². The molecule has 19 heavy (non-hydrogen) atoms. The number of para-hydroxylation sites is 2. The second-order valence-electron chi connectivity index (χ2n) is 4.19. The number of methoxy groups -OCH3 is 1. The maximum Gasteiger partial charge on any atom is 0.295 e. The summed E-state index contributed by atoms with van der Waals surface area (Å²) in [5, 5.41) is 3.17. The molecule has 0 amide bonds. The van der Waals surface area contributed by atoms with E-state index in [0.29, 0.717) is 12.6 Å². The highest BCUT2D eigenvalue weighted by molar-refractivity contribution is 5.74. The molecule has 0 radical (unpaired) electrons. The number of rotatable bonds is 4. The summed E-state index contributed by atoms with van der Waals surface area (Å²) in [6, 6.07) is 16.1. The molecular formula is C15H14N2O2. The molecule has 0 unspecified atom stereocenters. The molecule has 1 heterocycles. The second kappa shape index (κ2) is 5.02. The standard InChI is InChI=1S/C15H14N2O2/c1-18-12-6-4-5-11(9-12)10-16-15-17-13-7-2-3-8-14(13)19-15/h2-9H,10H2,1H3,(H,16,17). The lowest BCUT2D eigenvalue weighted by Crippen LogP contribution is -1.99. The number of benzene rings is 2. The van der Waals surface area contributed by atoms with Gasteiger partial charge in [-0.15, -0.1) is 0 Å². The third kappa shape index (κ3) is 2.52. The van der Waals surface area contributed by atoms with Gasteiger partial charge in [-0.25, -0.2) is 0 Å². The monoisotopic (exact) mass is 254 g/mol. The van der Waals surface area contributed by atoms with Crippen LogP contribution in [0.1, 0.15) is 5.56 Å². The van der Waals surface area contributed by atoms with Crippen LogP contribution in [0.3, 0.4) is 0 Å². The Kier molecular flexibility index (Phi) is 3.06. The summed E-state index contributed by atoms with van der Waals surface area (Å²) in [4.78, 5) is 4.36. The summed E-state index contributed by atoms with van der Waals surface area (Å²) < 4.78 is 10.8.